The van der Waals surface area contributed by atoms with Crippen LogP contribution in [0, 0.1) is 0 Å². The van der Waals surface area contributed by atoms with Crippen molar-refractivity contribution in [2.75, 3.05) is 5.32 Å². The molecule has 2 N–H and O–H groups in total. The maximum atomic E-state index is 11.5. The second kappa shape index (κ2) is 4.41. The number of carboxylic acid groups (broad SMARTS) is 1. The van der Waals surface area contributed by atoms with E-state index in [-0.39, 0.29) is 11.2 Å². The lowest BCUT2D eigenvalue weighted by molar-refractivity contribution is -0.138. The summed E-state index contributed by atoms with van der Waals surface area (Å²) in [4.78, 5) is 23.3. The number of carbonyl (C=O) groups is 2. The van der Waals surface area contributed by atoms with Gasteiger partial charge in [-0.2, -0.15) is 0 Å². The SMILES string of the molecule is CC1Sc2cc(C(C)C(=O)O)ccc2NC1=O. The predicted octanol–water partition coefficient (Wildman–Crippen LogP) is 2.31. The Hall–Kier alpha value is -1.49. The zero-order valence-corrected chi connectivity index (χ0v) is 10.4. The first-order valence-corrected chi connectivity index (χ1v) is 6.21. The first kappa shape index (κ1) is 12.0. The van der Waals surface area contributed by atoms with Gasteiger partial charge in [-0.15, -0.1) is 11.8 Å². The highest BCUT2D eigenvalue weighted by atomic mass is 32.2. The lowest BCUT2D eigenvalue weighted by Crippen LogP contribution is -2.26. The summed E-state index contributed by atoms with van der Waals surface area (Å²) >= 11 is 1.46. The number of fused-ring (bicyclic) bond motifs is 1. The molecule has 2 atom stereocenters. The largest absolute Gasteiger partial charge is 0.481 e. The van der Waals surface area contributed by atoms with E-state index >= 15 is 0 Å². The average Bonchev–Trinajstić information content (AvgIpc) is 2.29. The Morgan fingerprint density at radius 2 is 2.24 bits per heavy atom. The lowest BCUT2D eigenvalue weighted by Gasteiger charge is -2.22. The van der Waals surface area contributed by atoms with E-state index in [0.29, 0.717) is 0 Å². The van der Waals surface area contributed by atoms with Gasteiger partial charge in [0.15, 0.2) is 0 Å². The Balaban J connectivity index is 2.35. The summed E-state index contributed by atoms with van der Waals surface area (Å²) < 4.78 is 0. The number of amides is 1. The maximum absolute atomic E-state index is 11.5. The minimum Gasteiger partial charge on any atom is -0.481 e. The van der Waals surface area contributed by atoms with Gasteiger partial charge in [0.1, 0.15) is 0 Å². The Kier molecular flexibility index (Phi) is 3.11. The lowest BCUT2D eigenvalue weighted by atomic mass is 10.0. The smallest absolute Gasteiger partial charge is 0.310 e. The number of hydrogen-bond donors (Lipinski definition) is 2. The topological polar surface area (TPSA) is 66.4 Å². The molecule has 0 radical (unpaired) electrons. The van der Waals surface area contributed by atoms with Crippen LogP contribution in [0.25, 0.3) is 0 Å². The van der Waals surface area contributed by atoms with Crippen LogP contribution in [0.5, 0.6) is 0 Å². The highest BCUT2D eigenvalue weighted by Gasteiger charge is 2.24. The first-order chi connectivity index (χ1) is 7.99. The first-order valence-electron chi connectivity index (χ1n) is 5.33. The third-order valence-corrected chi connectivity index (χ3v) is 3.97. The number of carboxylic acids is 1. The molecule has 90 valence electrons. The van der Waals surface area contributed by atoms with Crippen molar-refractivity contribution in [3.63, 3.8) is 0 Å². The molecule has 2 rings (SSSR count). The number of rotatable bonds is 2. The van der Waals surface area contributed by atoms with Crippen LogP contribution in [0.1, 0.15) is 25.3 Å². The monoisotopic (exact) mass is 251 g/mol. The summed E-state index contributed by atoms with van der Waals surface area (Å²) in [6.45, 7) is 3.48. The van der Waals surface area contributed by atoms with Gasteiger partial charge in [0.05, 0.1) is 16.9 Å². The molecule has 1 aromatic rings. The molecule has 1 aliphatic rings. The van der Waals surface area contributed by atoms with Crippen LogP contribution >= 0.6 is 11.8 Å². The molecular formula is C12H13NO3S. The Morgan fingerprint density at radius 1 is 1.53 bits per heavy atom. The van der Waals surface area contributed by atoms with Gasteiger partial charge in [-0.3, -0.25) is 9.59 Å². The number of benzene rings is 1. The summed E-state index contributed by atoms with van der Waals surface area (Å²) in [6.07, 6.45) is 0. The Labute approximate surface area is 103 Å². The van der Waals surface area contributed by atoms with E-state index in [1.807, 2.05) is 13.0 Å². The van der Waals surface area contributed by atoms with Crippen LogP contribution in [-0.4, -0.2) is 22.2 Å². The molecular weight excluding hydrogens is 238 g/mol. The molecule has 0 fully saturated rings. The zero-order chi connectivity index (χ0) is 12.6. The van der Waals surface area contributed by atoms with Gasteiger partial charge in [-0.05, 0) is 31.5 Å². The van der Waals surface area contributed by atoms with Gasteiger partial charge in [0, 0.05) is 4.90 Å². The minimum absolute atomic E-state index is 0.0125. The molecule has 0 spiro atoms. The van der Waals surface area contributed by atoms with E-state index in [4.69, 9.17) is 5.11 Å². The minimum atomic E-state index is -0.845. The van der Waals surface area contributed by atoms with Crippen LogP contribution in [-0.2, 0) is 9.59 Å². The van der Waals surface area contributed by atoms with Crippen LogP contribution in [0.3, 0.4) is 0 Å². The summed E-state index contributed by atoms with van der Waals surface area (Å²) in [6, 6.07) is 5.35. The number of thioether (sulfide) groups is 1. The number of nitrogens with one attached hydrogen (secondary N) is 1. The van der Waals surface area contributed by atoms with Gasteiger partial charge in [0.25, 0.3) is 0 Å². The van der Waals surface area contributed by atoms with Gasteiger partial charge < -0.3 is 10.4 Å². The van der Waals surface area contributed by atoms with Crippen molar-refractivity contribution in [2.24, 2.45) is 0 Å². The van der Waals surface area contributed by atoms with E-state index in [0.717, 1.165) is 16.1 Å². The molecule has 4 nitrogen and oxygen atoms in total. The molecule has 0 bridgehead atoms. The van der Waals surface area contributed by atoms with E-state index in [1.165, 1.54) is 11.8 Å². The fraction of sp³-hybridized carbons (Fsp3) is 0.333. The fourth-order valence-corrected chi connectivity index (χ4v) is 2.63. The van der Waals surface area contributed by atoms with Crippen molar-refractivity contribution in [1.29, 1.82) is 0 Å². The predicted molar refractivity (Wildman–Crippen MR) is 66.4 cm³/mol. The highest BCUT2D eigenvalue weighted by Crippen LogP contribution is 2.37. The zero-order valence-electron chi connectivity index (χ0n) is 9.56. The second-order valence-electron chi connectivity index (χ2n) is 4.06. The normalized spacial score (nSPS) is 20.4. The number of carbonyl (C=O) groups excluding carboxylic acids is 1. The van der Waals surface area contributed by atoms with Crippen molar-refractivity contribution in [3.8, 4) is 0 Å². The molecule has 0 saturated heterocycles. The number of aliphatic carboxylic acids is 1. The van der Waals surface area contributed by atoms with Gasteiger partial charge >= 0.3 is 5.97 Å². The highest BCUT2D eigenvalue weighted by molar-refractivity contribution is 8.00. The van der Waals surface area contributed by atoms with Crippen LogP contribution in [0.4, 0.5) is 5.69 Å². The third-order valence-electron chi connectivity index (χ3n) is 2.81. The molecule has 1 aliphatic heterocycles. The molecule has 2 unspecified atom stereocenters. The molecule has 5 heteroatoms. The van der Waals surface area contributed by atoms with E-state index in [1.54, 1.807) is 19.1 Å². The summed E-state index contributed by atoms with van der Waals surface area (Å²) in [7, 11) is 0. The van der Waals surface area contributed by atoms with Crippen LogP contribution < -0.4 is 5.32 Å². The molecule has 0 saturated carbocycles. The summed E-state index contributed by atoms with van der Waals surface area (Å²) in [5.41, 5.74) is 1.52. The van der Waals surface area contributed by atoms with Crippen LogP contribution in [0.15, 0.2) is 23.1 Å². The summed E-state index contributed by atoms with van der Waals surface area (Å²) in [5.74, 6) is -1.39. The fourth-order valence-electron chi connectivity index (χ4n) is 1.63. The molecule has 1 amide bonds. The van der Waals surface area contributed by atoms with E-state index < -0.39 is 11.9 Å². The second-order valence-corrected chi connectivity index (χ2v) is 5.45. The molecule has 17 heavy (non-hydrogen) atoms. The Morgan fingerprint density at radius 3 is 2.88 bits per heavy atom. The molecule has 1 heterocycles. The molecule has 1 aromatic carbocycles. The average molecular weight is 251 g/mol. The number of hydrogen-bond acceptors (Lipinski definition) is 3. The third kappa shape index (κ3) is 2.29. The maximum Gasteiger partial charge on any atom is 0.310 e. The summed E-state index contributed by atoms with van der Waals surface area (Å²) in [5, 5.41) is 11.6. The van der Waals surface area contributed by atoms with Gasteiger partial charge in [-0.1, -0.05) is 6.07 Å². The molecule has 0 aromatic heterocycles. The standard InChI is InChI=1S/C12H13NO3S/c1-6(12(15)16)8-3-4-9-10(5-8)17-7(2)11(14)13-9/h3-7H,1-2H3,(H,13,14)(H,15,16). The van der Waals surface area contributed by atoms with E-state index in [9.17, 15) is 9.59 Å². The van der Waals surface area contributed by atoms with Gasteiger partial charge in [-0.25, -0.2) is 0 Å². The quantitative estimate of drug-likeness (QED) is 0.846. The van der Waals surface area contributed by atoms with Gasteiger partial charge in [0.2, 0.25) is 5.91 Å². The molecule has 0 aliphatic carbocycles. The number of anilines is 1. The van der Waals surface area contributed by atoms with Crippen molar-refractivity contribution < 1.29 is 14.7 Å². The van der Waals surface area contributed by atoms with Crippen molar-refractivity contribution in [2.45, 2.75) is 29.9 Å². The van der Waals surface area contributed by atoms with Crippen molar-refractivity contribution in [1.82, 2.24) is 0 Å². The van der Waals surface area contributed by atoms with Crippen LogP contribution in [0.2, 0.25) is 0 Å². The van der Waals surface area contributed by atoms with E-state index in [2.05, 4.69) is 5.32 Å². The van der Waals surface area contributed by atoms with Crippen molar-refractivity contribution >= 4 is 29.3 Å². The van der Waals surface area contributed by atoms with Crippen molar-refractivity contribution in [3.05, 3.63) is 23.8 Å². The Bertz CT molecular complexity index is 487.